The lowest BCUT2D eigenvalue weighted by Crippen LogP contribution is -1.94. The molecule has 4 heteroatoms. The summed E-state index contributed by atoms with van der Waals surface area (Å²) < 4.78 is 5.11. The van der Waals surface area contributed by atoms with Gasteiger partial charge < -0.3 is 4.52 Å². The molecule has 0 N–H and O–H groups in total. The van der Waals surface area contributed by atoms with E-state index in [1.165, 1.54) is 0 Å². The van der Waals surface area contributed by atoms with E-state index in [2.05, 4.69) is 23.1 Å². The quantitative estimate of drug-likeness (QED) is 0.720. The number of hydrogen-bond donors (Lipinski definition) is 0. The third kappa shape index (κ3) is 2.84. The molecule has 0 amide bonds. The van der Waals surface area contributed by atoms with Crippen LogP contribution in [0.2, 0.25) is 0 Å². The van der Waals surface area contributed by atoms with Crippen LogP contribution >= 0.6 is 0 Å². The van der Waals surface area contributed by atoms with Crippen molar-refractivity contribution in [3.8, 4) is 6.07 Å². The van der Waals surface area contributed by atoms with Crippen LogP contribution in [-0.2, 0) is 6.42 Å². The monoisotopic (exact) mass is 193 g/mol. The molecule has 0 aromatic carbocycles. The number of aryl methyl sites for hydroxylation is 1. The fourth-order valence-electron chi connectivity index (χ4n) is 1.20. The van der Waals surface area contributed by atoms with Crippen molar-refractivity contribution in [2.24, 2.45) is 0 Å². The van der Waals surface area contributed by atoms with Gasteiger partial charge in [0.2, 0.25) is 5.89 Å². The largest absolute Gasteiger partial charge is 0.339 e. The first-order valence-corrected chi connectivity index (χ1v) is 4.97. The van der Waals surface area contributed by atoms with Crippen LogP contribution in [0.25, 0.3) is 0 Å². The van der Waals surface area contributed by atoms with E-state index in [0.29, 0.717) is 12.3 Å². The van der Waals surface area contributed by atoms with Gasteiger partial charge in [-0.1, -0.05) is 19.0 Å². The molecule has 0 saturated carbocycles. The van der Waals surface area contributed by atoms with Crippen molar-refractivity contribution >= 4 is 0 Å². The van der Waals surface area contributed by atoms with Gasteiger partial charge in [-0.2, -0.15) is 10.2 Å². The van der Waals surface area contributed by atoms with Crippen molar-refractivity contribution in [2.75, 3.05) is 0 Å². The van der Waals surface area contributed by atoms with E-state index in [0.717, 1.165) is 25.1 Å². The molecule has 0 aliphatic carbocycles. The van der Waals surface area contributed by atoms with Crippen molar-refractivity contribution in [1.29, 1.82) is 5.26 Å². The Bertz CT molecular complexity index is 313. The highest BCUT2D eigenvalue weighted by molar-refractivity contribution is 4.93. The lowest BCUT2D eigenvalue weighted by molar-refractivity contribution is 0.350. The molecule has 0 aliphatic heterocycles. The Morgan fingerprint density at radius 2 is 2.36 bits per heavy atom. The van der Waals surface area contributed by atoms with Crippen LogP contribution in [0, 0.1) is 11.3 Å². The summed E-state index contributed by atoms with van der Waals surface area (Å²) in [5, 5.41) is 12.3. The first-order chi connectivity index (χ1) is 6.77. The normalized spacial score (nSPS) is 12.4. The molecule has 1 atom stereocenters. The van der Waals surface area contributed by atoms with Crippen molar-refractivity contribution in [1.82, 2.24) is 10.1 Å². The molecule has 1 aromatic heterocycles. The Hall–Kier alpha value is -1.37. The SMILES string of the molecule is CCCc1noc(C(C)CCC#N)n1. The van der Waals surface area contributed by atoms with Crippen molar-refractivity contribution < 1.29 is 4.52 Å². The molecule has 4 nitrogen and oxygen atoms in total. The molecule has 1 unspecified atom stereocenters. The topological polar surface area (TPSA) is 62.7 Å². The Morgan fingerprint density at radius 1 is 1.57 bits per heavy atom. The maximum absolute atomic E-state index is 8.43. The van der Waals surface area contributed by atoms with Crippen molar-refractivity contribution in [3.63, 3.8) is 0 Å². The summed E-state index contributed by atoms with van der Waals surface area (Å²) in [6.45, 7) is 4.08. The van der Waals surface area contributed by atoms with Crippen LogP contribution < -0.4 is 0 Å². The summed E-state index contributed by atoms with van der Waals surface area (Å²) in [5.41, 5.74) is 0. The van der Waals surface area contributed by atoms with E-state index in [9.17, 15) is 0 Å². The summed E-state index contributed by atoms with van der Waals surface area (Å²) in [7, 11) is 0. The Morgan fingerprint density at radius 3 is 3.00 bits per heavy atom. The second kappa shape index (κ2) is 5.38. The van der Waals surface area contributed by atoms with Gasteiger partial charge in [0.25, 0.3) is 0 Å². The fraction of sp³-hybridized carbons (Fsp3) is 0.700. The van der Waals surface area contributed by atoms with Crippen molar-refractivity contribution in [3.05, 3.63) is 11.7 Å². The Labute approximate surface area is 83.9 Å². The van der Waals surface area contributed by atoms with Crippen LogP contribution in [-0.4, -0.2) is 10.1 Å². The summed E-state index contributed by atoms with van der Waals surface area (Å²) in [6, 6.07) is 2.11. The molecule has 0 bridgehead atoms. The zero-order valence-electron chi connectivity index (χ0n) is 8.66. The lowest BCUT2D eigenvalue weighted by atomic mass is 10.1. The van der Waals surface area contributed by atoms with E-state index < -0.39 is 0 Å². The Kier molecular flexibility index (Phi) is 4.11. The van der Waals surface area contributed by atoms with E-state index in [1.807, 2.05) is 6.92 Å². The first-order valence-electron chi connectivity index (χ1n) is 4.97. The summed E-state index contributed by atoms with van der Waals surface area (Å²) in [5.74, 6) is 1.61. The highest BCUT2D eigenvalue weighted by Crippen LogP contribution is 2.18. The first kappa shape index (κ1) is 10.7. The maximum atomic E-state index is 8.43. The van der Waals surface area contributed by atoms with Crippen LogP contribution in [0.1, 0.15) is 50.7 Å². The van der Waals surface area contributed by atoms with Gasteiger partial charge in [-0.05, 0) is 12.8 Å². The average molecular weight is 193 g/mol. The Balaban J connectivity index is 2.53. The number of nitrogens with zero attached hydrogens (tertiary/aromatic N) is 3. The highest BCUT2D eigenvalue weighted by atomic mass is 16.5. The van der Waals surface area contributed by atoms with Gasteiger partial charge in [-0.15, -0.1) is 0 Å². The van der Waals surface area contributed by atoms with Crippen molar-refractivity contribution in [2.45, 2.75) is 45.4 Å². The van der Waals surface area contributed by atoms with E-state index in [4.69, 9.17) is 9.78 Å². The second-order valence-electron chi connectivity index (χ2n) is 3.40. The number of rotatable bonds is 5. The van der Waals surface area contributed by atoms with Crippen LogP contribution in [0.15, 0.2) is 4.52 Å². The maximum Gasteiger partial charge on any atom is 0.229 e. The molecule has 0 aliphatic rings. The van der Waals surface area contributed by atoms with E-state index in [-0.39, 0.29) is 5.92 Å². The van der Waals surface area contributed by atoms with E-state index in [1.54, 1.807) is 0 Å². The minimum Gasteiger partial charge on any atom is -0.339 e. The average Bonchev–Trinajstić information content (AvgIpc) is 2.63. The molecule has 1 rings (SSSR count). The molecular weight excluding hydrogens is 178 g/mol. The van der Waals surface area contributed by atoms with Gasteiger partial charge in [-0.25, -0.2) is 0 Å². The lowest BCUT2D eigenvalue weighted by Gasteiger charge is -2.00. The minimum absolute atomic E-state index is 0.188. The van der Waals surface area contributed by atoms with Crippen LogP contribution in [0.4, 0.5) is 0 Å². The number of hydrogen-bond acceptors (Lipinski definition) is 4. The third-order valence-corrected chi connectivity index (χ3v) is 2.07. The van der Waals surface area contributed by atoms with Gasteiger partial charge in [0, 0.05) is 18.8 Å². The molecule has 1 heterocycles. The number of aromatic nitrogens is 2. The predicted octanol–water partition coefficient (Wildman–Crippen LogP) is 2.43. The van der Waals surface area contributed by atoms with Gasteiger partial charge >= 0.3 is 0 Å². The van der Waals surface area contributed by atoms with Gasteiger partial charge in [0.15, 0.2) is 5.82 Å². The van der Waals surface area contributed by atoms with E-state index >= 15 is 0 Å². The van der Waals surface area contributed by atoms with Gasteiger partial charge in [0.1, 0.15) is 0 Å². The summed E-state index contributed by atoms with van der Waals surface area (Å²) in [6.07, 6.45) is 3.19. The molecule has 14 heavy (non-hydrogen) atoms. The highest BCUT2D eigenvalue weighted by Gasteiger charge is 2.13. The molecule has 0 radical (unpaired) electrons. The molecular formula is C10H15N3O. The molecule has 0 saturated heterocycles. The summed E-state index contributed by atoms with van der Waals surface area (Å²) in [4.78, 5) is 4.27. The predicted molar refractivity (Wildman–Crippen MR) is 51.6 cm³/mol. The van der Waals surface area contributed by atoms with Gasteiger partial charge in [-0.3, -0.25) is 0 Å². The molecule has 0 spiro atoms. The van der Waals surface area contributed by atoms with Gasteiger partial charge in [0.05, 0.1) is 6.07 Å². The summed E-state index contributed by atoms with van der Waals surface area (Å²) >= 11 is 0. The second-order valence-corrected chi connectivity index (χ2v) is 3.40. The number of nitriles is 1. The van der Waals surface area contributed by atoms with Crippen LogP contribution in [0.5, 0.6) is 0 Å². The fourth-order valence-corrected chi connectivity index (χ4v) is 1.20. The third-order valence-electron chi connectivity index (χ3n) is 2.07. The molecule has 0 fully saturated rings. The molecule has 1 aromatic rings. The zero-order chi connectivity index (χ0) is 10.4. The zero-order valence-corrected chi connectivity index (χ0v) is 8.66. The smallest absolute Gasteiger partial charge is 0.229 e. The van der Waals surface area contributed by atoms with Crippen LogP contribution in [0.3, 0.4) is 0 Å². The standard InChI is InChI=1S/C10H15N3O/c1-3-5-9-12-10(14-13-9)8(2)6-4-7-11/h8H,3-6H2,1-2H3. The molecule has 76 valence electrons. The minimum atomic E-state index is 0.188.